The number of rotatable bonds is 2. The van der Waals surface area contributed by atoms with Gasteiger partial charge in [-0.25, -0.2) is 0 Å². The molecule has 0 spiro atoms. The first-order valence-corrected chi connectivity index (χ1v) is 9.51. The quantitative estimate of drug-likeness (QED) is 0.493. The monoisotopic (exact) mass is 387 g/mol. The molecule has 3 aromatic rings. The maximum Gasteiger partial charge on any atom is 0.271 e. The van der Waals surface area contributed by atoms with Crippen molar-refractivity contribution >= 4 is 11.8 Å². The van der Waals surface area contributed by atoms with E-state index in [1.54, 1.807) is 0 Å². The number of benzene rings is 3. The van der Waals surface area contributed by atoms with E-state index in [1.165, 1.54) is 4.90 Å². The lowest BCUT2D eigenvalue weighted by atomic mass is 10.1. The van der Waals surface area contributed by atoms with Gasteiger partial charge in [0.05, 0.1) is 6.54 Å². The second-order valence-corrected chi connectivity index (χ2v) is 6.66. The van der Waals surface area contributed by atoms with Gasteiger partial charge in [0, 0.05) is 11.1 Å². The Bertz CT molecular complexity index is 1160. The van der Waals surface area contributed by atoms with Crippen LogP contribution in [0.4, 0.5) is 0 Å². The lowest BCUT2D eigenvalue weighted by molar-refractivity contribution is -0.137. The van der Waals surface area contributed by atoms with Crippen LogP contribution in [0.2, 0.25) is 0 Å². The molecule has 0 bridgehead atoms. The smallest absolute Gasteiger partial charge is 0.269 e. The van der Waals surface area contributed by atoms with E-state index in [0.29, 0.717) is 0 Å². The molecule has 0 saturated heterocycles. The van der Waals surface area contributed by atoms with Crippen molar-refractivity contribution in [3.8, 4) is 23.7 Å². The molecule has 0 aromatic heterocycles. The maximum absolute atomic E-state index is 13.0. The van der Waals surface area contributed by atoms with Gasteiger partial charge in [0.25, 0.3) is 11.8 Å². The number of imide groups is 1. The normalized spacial score (nSPS) is 12.9. The average molecular weight is 387 g/mol. The summed E-state index contributed by atoms with van der Waals surface area (Å²) in [5.74, 6) is 10.9. The van der Waals surface area contributed by atoms with Gasteiger partial charge in [0.2, 0.25) is 0 Å². The third-order valence-electron chi connectivity index (χ3n) is 4.56. The average Bonchev–Trinajstić information content (AvgIpc) is 3.02. The molecule has 3 nitrogen and oxygen atoms in total. The lowest BCUT2D eigenvalue weighted by Crippen LogP contribution is -2.31. The van der Waals surface area contributed by atoms with Crippen LogP contribution in [-0.4, -0.2) is 16.7 Å². The Morgan fingerprint density at radius 1 is 0.533 bits per heavy atom. The van der Waals surface area contributed by atoms with E-state index in [0.717, 1.165) is 16.7 Å². The van der Waals surface area contributed by atoms with Gasteiger partial charge >= 0.3 is 0 Å². The van der Waals surface area contributed by atoms with Gasteiger partial charge in [-0.05, 0) is 29.8 Å². The van der Waals surface area contributed by atoms with E-state index in [1.807, 2.05) is 91.0 Å². The summed E-state index contributed by atoms with van der Waals surface area (Å²) in [6.07, 6.45) is 0. The molecule has 1 heterocycles. The number of nitrogens with zero attached hydrogens (tertiary/aromatic N) is 1. The fraction of sp³-hybridized carbons (Fsp3) is 0.0370. The zero-order valence-corrected chi connectivity index (χ0v) is 16.1. The molecule has 4 rings (SSSR count). The molecule has 1 aliphatic rings. The van der Waals surface area contributed by atoms with E-state index in [4.69, 9.17) is 0 Å². The Morgan fingerprint density at radius 3 is 1.37 bits per heavy atom. The van der Waals surface area contributed by atoms with Crippen molar-refractivity contribution < 1.29 is 9.59 Å². The van der Waals surface area contributed by atoms with Crippen LogP contribution in [0.25, 0.3) is 0 Å². The van der Waals surface area contributed by atoms with Gasteiger partial charge in [-0.1, -0.05) is 90.4 Å². The van der Waals surface area contributed by atoms with Crippen molar-refractivity contribution in [2.75, 3.05) is 0 Å². The van der Waals surface area contributed by atoms with Crippen LogP contribution in [0.3, 0.4) is 0 Å². The molecule has 30 heavy (non-hydrogen) atoms. The van der Waals surface area contributed by atoms with Gasteiger partial charge in [0.15, 0.2) is 0 Å². The van der Waals surface area contributed by atoms with Crippen molar-refractivity contribution in [1.82, 2.24) is 4.90 Å². The second kappa shape index (κ2) is 8.78. The van der Waals surface area contributed by atoms with Crippen molar-refractivity contribution in [1.29, 1.82) is 0 Å². The standard InChI is InChI=1S/C27H17NO2/c29-26-24(18-16-21-10-4-1-5-11-21)25(19-17-22-12-6-2-7-13-22)27(30)28(26)20-23-14-8-3-9-15-23/h1-15H,20H2. The molecule has 142 valence electrons. The fourth-order valence-corrected chi connectivity index (χ4v) is 3.03. The van der Waals surface area contributed by atoms with Crippen molar-refractivity contribution in [2.24, 2.45) is 0 Å². The summed E-state index contributed by atoms with van der Waals surface area (Å²) in [5, 5.41) is 0. The summed E-state index contributed by atoms with van der Waals surface area (Å²) in [7, 11) is 0. The van der Waals surface area contributed by atoms with Crippen molar-refractivity contribution in [2.45, 2.75) is 6.54 Å². The Kier molecular flexibility index (Phi) is 5.56. The summed E-state index contributed by atoms with van der Waals surface area (Å²) in [6, 6.07) is 28.1. The molecule has 2 amide bonds. The summed E-state index contributed by atoms with van der Waals surface area (Å²) in [5.41, 5.74) is 2.68. The first-order chi connectivity index (χ1) is 14.7. The third kappa shape index (κ3) is 4.22. The minimum atomic E-state index is -0.412. The van der Waals surface area contributed by atoms with Crippen LogP contribution in [0, 0.1) is 23.7 Å². The van der Waals surface area contributed by atoms with Crippen molar-refractivity contribution in [3.05, 3.63) is 119 Å². The number of carbonyl (C=O) groups is 2. The summed E-state index contributed by atoms with van der Waals surface area (Å²) < 4.78 is 0. The molecular formula is C27H17NO2. The molecule has 0 radical (unpaired) electrons. The Morgan fingerprint density at radius 2 is 0.933 bits per heavy atom. The molecule has 1 aliphatic heterocycles. The Hall–Kier alpha value is -4.34. The molecule has 0 fully saturated rings. The minimum absolute atomic E-state index is 0.142. The molecule has 0 aliphatic carbocycles. The van der Waals surface area contributed by atoms with Crippen LogP contribution in [0.15, 0.2) is 102 Å². The van der Waals surface area contributed by atoms with Gasteiger partial charge in [0.1, 0.15) is 11.1 Å². The zero-order valence-electron chi connectivity index (χ0n) is 16.1. The topological polar surface area (TPSA) is 37.4 Å². The zero-order chi connectivity index (χ0) is 20.8. The summed E-state index contributed by atoms with van der Waals surface area (Å²) in [6.45, 7) is 0.186. The van der Waals surface area contributed by atoms with E-state index in [-0.39, 0.29) is 17.7 Å². The van der Waals surface area contributed by atoms with Crippen LogP contribution in [0.1, 0.15) is 16.7 Å². The number of hydrogen-bond acceptors (Lipinski definition) is 2. The first kappa shape index (κ1) is 19.0. The van der Waals surface area contributed by atoms with Crippen LogP contribution >= 0.6 is 0 Å². The van der Waals surface area contributed by atoms with Gasteiger partial charge in [-0.2, -0.15) is 0 Å². The third-order valence-corrected chi connectivity index (χ3v) is 4.56. The van der Waals surface area contributed by atoms with Gasteiger partial charge in [-0.3, -0.25) is 14.5 Å². The van der Waals surface area contributed by atoms with Crippen LogP contribution in [0.5, 0.6) is 0 Å². The first-order valence-electron chi connectivity index (χ1n) is 9.51. The summed E-state index contributed by atoms with van der Waals surface area (Å²) in [4.78, 5) is 27.3. The van der Waals surface area contributed by atoms with Crippen LogP contribution < -0.4 is 0 Å². The van der Waals surface area contributed by atoms with E-state index < -0.39 is 11.8 Å². The summed E-state index contributed by atoms with van der Waals surface area (Å²) >= 11 is 0. The fourth-order valence-electron chi connectivity index (χ4n) is 3.03. The molecule has 3 aromatic carbocycles. The highest BCUT2D eigenvalue weighted by Crippen LogP contribution is 2.22. The van der Waals surface area contributed by atoms with Crippen LogP contribution in [-0.2, 0) is 16.1 Å². The lowest BCUT2D eigenvalue weighted by Gasteiger charge is -2.14. The maximum atomic E-state index is 13.0. The molecule has 3 heteroatoms. The minimum Gasteiger partial charge on any atom is -0.269 e. The molecule has 0 unspecified atom stereocenters. The highest BCUT2D eigenvalue weighted by atomic mass is 16.2. The number of amides is 2. The largest absolute Gasteiger partial charge is 0.271 e. The van der Waals surface area contributed by atoms with E-state index in [2.05, 4.69) is 23.7 Å². The highest BCUT2D eigenvalue weighted by molar-refractivity contribution is 6.23. The van der Waals surface area contributed by atoms with Gasteiger partial charge < -0.3 is 0 Å². The predicted molar refractivity (Wildman–Crippen MR) is 116 cm³/mol. The number of hydrogen-bond donors (Lipinski definition) is 0. The van der Waals surface area contributed by atoms with Gasteiger partial charge in [-0.15, -0.1) is 0 Å². The Labute approximate surface area is 175 Å². The Balaban J connectivity index is 1.72. The van der Waals surface area contributed by atoms with E-state index >= 15 is 0 Å². The second-order valence-electron chi connectivity index (χ2n) is 6.66. The SMILES string of the molecule is O=C1C(C#Cc2ccccc2)=C(C#Cc2ccccc2)C(=O)N1Cc1ccccc1. The molecule has 0 N–H and O–H groups in total. The van der Waals surface area contributed by atoms with Crippen molar-refractivity contribution in [3.63, 3.8) is 0 Å². The van der Waals surface area contributed by atoms with E-state index in [9.17, 15) is 9.59 Å². The predicted octanol–water partition coefficient (Wildman–Crippen LogP) is 3.96. The number of carbonyl (C=O) groups excluding carboxylic acids is 2. The molecule has 0 saturated carbocycles. The highest BCUT2D eigenvalue weighted by Gasteiger charge is 2.37. The molecule has 0 atom stereocenters. The molecular weight excluding hydrogens is 370 g/mol.